The topological polar surface area (TPSA) is 0 Å². The first-order chi connectivity index (χ1) is 21.7. The summed E-state index contributed by atoms with van der Waals surface area (Å²) in [6.07, 6.45) is 49.2. The van der Waals surface area contributed by atoms with E-state index in [9.17, 15) is 0 Å². The number of rotatable bonds is 7. The number of allylic oxidation sites excluding steroid dienone is 1. The van der Waals surface area contributed by atoms with Gasteiger partial charge in [0.15, 0.2) is 0 Å². The average molecular weight is 775 g/mol. The summed E-state index contributed by atoms with van der Waals surface area (Å²) < 4.78 is 1.73. The Morgan fingerprint density at radius 3 is 0.659 bits per heavy atom. The standard InChI is InChI=1S/2C18H33P.C3H4.2ClH.Ru/c2*1-4-10-16(11-5-1)19(17-12-6-2-7-13-17)18-14-8-3-9-15-18;1-3-2;;;/h2*16-18H,1-15H2;1,3H,2H2;2*1H;/q;;;;;+2. The molecule has 44 heavy (non-hydrogen) atoms. The predicted molar refractivity (Wildman–Crippen MR) is 206 cm³/mol. The van der Waals surface area contributed by atoms with Crippen LogP contribution >= 0.6 is 35.2 Å². The Hall–Kier alpha value is 1.67. The van der Waals surface area contributed by atoms with Gasteiger partial charge in [-0.25, -0.2) is 0 Å². The van der Waals surface area contributed by atoms with Crippen LogP contribution in [0.25, 0.3) is 0 Å². The molecule has 0 amide bonds. The summed E-state index contributed by atoms with van der Waals surface area (Å²) >= 11 is -1.50. The summed E-state index contributed by atoms with van der Waals surface area (Å²) in [6, 6.07) is 0. The Morgan fingerprint density at radius 2 is 0.545 bits per heavy atom. The Morgan fingerprint density at radius 1 is 0.364 bits per heavy atom. The van der Waals surface area contributed by atoms with E-state index in [1.54, 1.807) is 203 Å². The van der Waals surface area contributed by atoms with Gasteiger partial charge in [0.25, 0.3) is 0 Å². The summed E-state index contributed by atoms with van der Waals surface area (Å²) in [5.74, 6) is 0. The van der Waals surface area contributed by atoms with Gasteiger partial charge in [-0.2, -0.15) is 0 Å². The van der Waals surface area contributed by atoms with Crippen LogP contribution in [0.1, 0.15) is 193 Å². The molecule has 5 heteroatoms. The molecule has 0 aromatic carbocycles. The second-order valence-corrected chi connectivity index (χ2v) is 28.3. The summed E-state index contributed by atoms with van der Waals surface area (Å²) in [7, 11) is 10.6. The molecule has 6 saturated carbocycles. The summed E-state index contributed by atoms with van der Waals surface area (Å²) in [6.45, 7) is 3.41. The molecule has 0 heterocycles. The van der Waals surface area contributed by atoms with Crippen molar-refractivity contribution in [3.63, 3.8) is 0 Å². The normalized spacial score (nSPS) is 26.3. The molecular formula is C39H72Cl2P2Ru+2. The Bertz CT molecular complexity index is 625. The van der Waals surface area contributed by atoms with Crippen LogP contribution in [0, 0.1) is 0 Å². The molecule has 0 aromatic heterocycles. The van der Waals surface area contributed by atoms with Gasteiger partial charge in [0.2, 0.25) is 0 Å². The second kappa shape index (κ2) is 23.1. The molecule has 0 aromatic rings. The van der Waals surface area contributed by atoms with Gasteiger partial charge in [0.05, 0.1) is 34.0 Å². The molecule has 0 atom stereocenters. The van der Waals surface area contributed by atoms with E-state index in [2.05, 4.69) is 6.58 Å². The molecule has 0 unspecified atom stereocenters. The van der Waals surface area contributed by atoms with Crippen LogP contribution in [0.5, 0.6) is 0 Å². The van der Waals surface area contributed by atoms with E-state index in [-0.39, 0.29) is 15.8 Å². The summed E-state index contributed by atoms with van der Waals surface area (Å²) in [5.41, 5.74) is 7.36. The van der Waals surface area contributed by atoms with Crippen LogP contribution in [0.3, 0.4) is 0 Å². The molecule has 0 radical (unpaired) electrons. The maximum atomic E-state index is 5.36. The molecule has 0 aliphatic heterocycles. The Balaban J connectivity index is 0.000000170. The van der Waals surface area contributed by atoms with Gasteiger partial charge in [-0.3, -0.25) is 0 Å². The van der Waals surface area contributed by atoms with E-state index in [0.29, 0.717) is 0 Å². The Labute approximate surface area is 290 Å². The van der Waals surface area contributed by atoms with Gasteiger partial charge in [-0.15, -0.1) is 0 Å². The minimum absolute atomic E-state index is 0.0465. The number of hydrogen-bond acceptors (Lipinski definition) is 0. The van der Waals surface area contributed by atoms with Crippen molar-refractivity contribution < 1.29 is 13.5 Å². The van der Waals surface area contributed by atoms with Crippen molar-refractivity contribution in [3.8, 4) is 0 Å². The van der Waals surface area contributed by atoms with Crippen molar-refractivity contribution in [2.45, 2.75) is 227 Å². The number of hydrogen-bond donors (Lipinski definition) is 0. The molecule has 6 aliphatic rings. The van der Waals surface area contributed by atoms with Gasteiger partial charge in [0, 0.05) is 15.8 Å². The molecule has 0 N–H and O–H groups in total. The molecule has 6 fully saturated rings. The predicted octanol–water partition coefficient (Wildman–Crippen LogP) is 14.3. The molecule has 6 rings (SSSR count). The maximum absolute atomic E-state index is 5.36. The zero-order valence-corrected chi connectivity index (χ0v) is 33.9. The van der Waals surface area contributed by atoms with Crippen LogP contribution in [-0.4, -0.2) is 38.6 Å². The van der Waals surface area contributed by atoms with Crippen LogP contribution < -0.4 is 0 Å². The molecule has 0 saturated heterocycles. The van der Waals surface area contributed by atoms with Crippen LogP contribution in [0.15, 0.2) is 12.7 Å². The van der Waals surface area contributed by atoms with E-state index >= 15 is 0 Å². The molecule has 0 spiro atoms. The van der Waals surface area contributed by atoms with Gasteiger partial charge in [-0.1, -0.05) is 38.5 Å². The molecule has 0 bridgehead atoms. The summed E-state index contributed by atoms with van der Waals surface area (Å²) in [5, 5.41) is 0. The van der Waals surface area contributed by atoms with Gasteiger partial charge in [0.1, 0.15) is 0 Å². The molecule has 0 nitrogen and oxygen atoms in total. The fraction of sp³-hybridized carbons (Fsp3) is 0.923. The minimum atomic E-state index is -1.50. The molecule has 258 valence electrons. The van der Waals surface area contributed by atoms with Crippen molar-refractivity contribution in [2.75, 3.05) is 0 Å². The average Bonchev–Trinajstić information content (AvgIpc) is 3.09. The van der Waals surface area contributed by atoms with Gasteiger partial charge >= 0.3 is 50.2 Å². The van der Waals surface area contributed by atoms with Crippen molar-refractivity contribution in [1.82, 2.24) is 0 Å². The third-order valence-corrected chi connectivity index (χ3v) is 23.7. The first-order valence-electron chi connectivity index (χ1n) is 19.8. The SMILES string of the molecule is C1CCC([PH+](C2CCCCC2)C2CCCCC2)CC1.C1CCC([PH+](C2CCCCC2)C2CCCCC2)CC1.C=C[CH]=[Ru]([Cl])[Cl]. The second-order valence-electron chi connectivity index (χ2n) is 15.6. The number of halogens is 2. The first-order valence-corrected chi connectivity index (χ1v) is 28.8. The van der Waals surface area contributed by atoms with Gasteiger partial charge in [-0.05, 0) is 154 Å². The van der Waals surface area contributed by atoms with Crippen molar-refractivity contribution in [1.29, 1.82) is 0 Å². The molecule has 6 aliphatic carbocycles. The molecular weight excluding hydrogens is 702 g/mol. The van der Waals surface area contributed by atoms with E-state index in [1.165, 1.54) is 34.0 Å². The zero-order valence-electron chi connectivity index (χ0n) is 28.6. The quantitative estimate of drug-likeness (QED) is 0.179. The van der Waals surface area contributed by atoms with Gasteiger partial charge < -0.3 is 0 Å². The van der Waals surface area contributed by atoms with Crippen LogP contribution in [0.4, 0.5) is 0 Å². The first kappa shape index (κ1) is 38.5. The third kappa shape index (κ3) is 13.5. The third-order valence-electron chi connectivity index (χ3n) is 12.6. The summed E-state index contributed by atoms with van der Waals surface area (Å²) in [4.78, 5) is 0. The van der Waals surface area contributed by atoms with Crippen molar-refractivity contribution >= 4 is 39.8 Å². The van der Waals surface area contributed by atoms with E-state index in [1.807, 2.05) is 0 Å². The zero-order chi connectivity index (χ0) is 30.8. The monoisotopic (exact) mass is 774 g/mol. The Kier molecular flexibility index (Phi) is 20.2. The van der Waals surface area contributed by atoms with E-state index in [4.69, 9.17) is 19.4 Å². The van der Waals surface area contributed by atoms with Crippen LogP contribution in [-0.2, 0) is 13.5 Å². The van der Waals surface area contributed by atoms with Crippen molar-refractivity contribution in [2.24, 2.45) is 0 Å². The van der Waals surface area contributed by atoms with Crippen molar-refractivity contribution in [3.05, 3.63) is 12.7 Å². The fourth-order valence-corrected chi connectivity index (χ4v) is 22.2. The van der Waals surface area contributed by atoms with Crippen LogP contribution in [0.2, 0.25) is 0 Å². The van der Waals surface area contributed by atoms with E-state index in [0.717, 1.165) is 0 Å². The van der Waals surface area contributed by atoms with E-state index < -0.39 is 13.5 Å². The fourth-order valence-electron chi connectivity index (χ4n) is 10.7.